The first-order valence-electron chi connectivity index (χ1n) is 6.68. The van der Waals surface area contributed by atoms with Crippen molar-refractivity contribution in [2.75, 3.05) is 40.0 Å². The first-order chi connectivity index (χ1) is 9.28. The summed E-state index contributed by atoms with van der Waals surface area (Å²) in [5.41, 5.74) is 5.44. The van der Waals surface area contributed by atoms with Gasteiger partial charge < -0.3 is 15.3 Å². The zero-order valence-corrected chi connectivity index (χ0v) is 13.4. The van der Waals surface area contributed by atoms with Gasteiger partial charge in [-0.15, -0.1) is 4.33 Å². The molecule has 0 aromatic rings. The molecule has 8 heteroatoms. The van der Waals surface area contributed by atoms with Gasteiger partial charge in [0.25, 0.3) is 0 Å². The van der Waals surface area contributed by atoms with Gasteiger partial charge in [-0.05, 0) is 19.3 Å². The van der Waals surface area contributed by atoms with Gasteiger partial charge in [-0.25, -0.2) is 9.10 Å². The van der Waals surface area contributed by atoms with E-state index in [1.165, 1.54) is 7.11 Å². The SMILES string of the molecule is COOS(=O)CCC[N+](C)(C)CCCCC(N)C(=O)O. The van der Waals surface area contributed by atoms with Gasteiger partial charge in [0.15, 0.2) is 11.1 Å². The number of carboxylic acids is 1. The van der Waals surface area contributed by atoms with Crippen LogP contribution in [0, 0.1) is 0 Å². The molecular formula is C12H27N2O5S+. The Bertz CT molecular complexity index is 312. The second-order valence-electron chi connectivity index (χ2n) is 5.42. The van der Waals surface area contributed by atoms with Gasteiger partial charge in [0, 0.05) is 6.42 Å². The summed E-state index contributed by atoms with van der Waals surface area (Å²) in [5.74, 6) is -0.501. The number of quaternary nitrogens is 1. The van der Waals surface area contributed by atoms with Crippen LogP contribution >= 0.6 is 0 Å². The zero-order chi connectivity index (χ0) is 15.6. The van der Waals surface area contributed by atoms with Crippen molar-refractivity contribution >= 4 is 17.0 Å². The van der Waals surface area contributed by atoms with E-state index >= 15 is 0 Å². The van der Waals surface area contributed by atoms with Crippen LogP contribution in [0.4, 0.5) is 0 Å². The molecule has 3 N–H and O–H groups in total. The Hall–Kier alpha value is -0.540. The van der Waals surface area contributed by atoms with E-state index in [4.69, 9.17) is 10.8 Å². The van der Waals surface area contributed by atoms with Gasteiger partial charge in [-0.1, -0.05) is 0 Å². The molecule has 0 aliphatic heterocycles. The van der Waals surface area contributed by atoms with E-state index in [1.807, 2.05) is 0 Å². The van der Waals surface area contributed by atoms with Gasteiger partial charge in [0.05, 0.1) is 40.0 Å². The quantitative estimate of drug-likeness (QED) is 0.232. The van der Waals surface area contributed by atoms with Crippen molar-refractivity contribution in [3.05, 3.63) is 0 Å². The lowest BCUT2D eigenvalue weighted by molar-refractivity contribution is -0.890. The number of rotatable bonds is 12. The molecule has 0 aliphatic rings. The third kappa shape index (κ3) is 10.3. The van der Waals surface area contributed by atoms with Crippen molar-refractivity contribution in [2.45, 2.75) is 31.7 Å². The fourth-order valence-corrected chi connectivity index (χ4v) is 2.44. The van der Waals surface area contributed by atoms with E-state index in [-0.39, 0.29) is 0 Å². The number of hydrogen-bond donors (Lipinski definition) is 2. The van der Waals surface area contributed by atoms with Gasteiger partial charge in [-0.2, -0.15) is 0 Å². The van der Waals surface area contributed by atoms with Crippen LogP contribution in [0.2, 0.25) is 0 Å². The van der Waals surface area contributed by atoms with E-state index in [2.05, 4.69) is 23.3 Å². The van der Waals surface area contributed by atoms with Gasteiger partial charge in [0.2, 0.25) is 0 Å². The maximum atomic E-state index is 11.2. The monoisotopic (exact) mass is 311 g/mol. The third-order valence-corrected chi connectivity index (χ3v) is 3.97. The summed E-state index contributed by atoms with van der Waals surface area (Å²) < 4.78 is 16.5. The summed E-state index contributed by atoms with van der Waals surface area (Å²) in [4.78, 5) is 14.9. The fraction of sp³-hybridized carbons (Fsp3) is 0.917. The minimum absolute atomic E-state index is 0.444. The summed E-state index contributed by atoms with van der Waals surface area (Å²) >= 11 is -1.39. The lowest BCUT2D eigenvalue weighted by Crippen LogP contribution is -2.41. The maximum absolute atomic E-state index is 11.2. The molecule has 0 aliphatic carbocycles. The van der Waals surface area contributed by atoms with E-state index in [1.54, 1.807) is 0 Å². The van der Waals surface area contributed by atoms with E-state index in [0.29, 0.717) is 12.2 Å². The molecule has 0 radical (unpaired) electrons. The molecular weight excluding hydrogens is 284 g/mol. The number of hydrogen-bond acceptors (Lipinski definition) is 5. The molecule has 7 nitrogen and oxygen atoms in total. The minimum atomic E-state index is -1.39. The van der Waals surface area contributed by atoms with Crippen molar-refractivity contribution in [1.29, 1.82) is 0 Å². The first-order valence-corrected chi connectivity index (χ1v) is 7.93. The first kappa shape index (κ1) is 19.5. The highest BCUT2D eigenvalue weighted by atomic mass is 32.2. The van der Waals surface area contributed by atoms with Crippen LogP contribution in [0.3, 0.4) is 0 Å². The molecule has 0 aromatic carbocycles. The fourth-order valence-electron chi connectivity index (χ4n) is 1.86. The van der Waals surface area contributed by atoms with Gasteiger partial charge >= 0.3 is 5.97 Å². The molecule has 0 saturated heterocycles. The minimum Gasteiger partial charge on any atom is -0.480 e. The van der Waals surface area contributed by atoms with Crippen LogP contribution in [0.5, 0.6) is 0 Å². The highest BCUT2D eigenvalue weighted by molar-refractivity contribution is 7.80. The summed E-state index contributed by atoms with van der Waals surface area (Å²) in [6, 6.07) is -0.765. The van der Waals surface area contributed by atoms with Crippen molar-refractivity contribution in [3.63, 3.8) is 0 Å². The van der Waals surface area contributed by atoms with E-state index < -0.39 is 23.1 Å². The van der Waals surface area contributed by atoms with Crippen LogP contribution in [0.25, 0.3) is 0 Å². The van der Waals surface area contributed by atoms with Crippen molar-refractivity contribution in [1.82, 2.24) is 0 Å². The van der Waals surface area contributed by atoms with Crippen LogP contribution in [-0.2, 0) is 25.1 Å². The van der Waals surface area contributed by atoms with Gasteiger partial charge in [0.1, 0.15) is 6.04 Å². The van der Waals surface area contributed by atoms with Crippen LogP contribution < -0.4 is 5.73 Å². The molecule has 0 bridgehead atoms. The number of nitrogens with two attached hydrogens (primary N) is 1. The molecule has 0 fully saturated rings. The molecule has 0 spiro atoms. The molecule has 0 amide bonds. The molecule has 0 saturated carbocycles. The normalized spacial score (nSPS) is 15.0. The molecule has 20 heavy (non-hydrogen) atoms. The molecule has 2 unspecified atom stereocenters. The molecule has 0 aromatic heterocycles. The molecule has 2 atom stereocenters. The third-order valence-electron chi connectivity index (χ3n) is 3.06. The van der Waals surface area contributed by atoms with Gasteiger partial charge in [-0.3, -0.25) is 4.79 Å². The summed E-state index contributed by atoms with van der Waals surface area (Å²) in [5, 5.41) is 8.67. The standard InChI is InChI=1S/C12H26N2O5S/c1-14(2,9-6-10-20(17)19-18-3)8-5-4-7-11(13)12(15)16/h11H,4-10,13H2,1-3H3/p+1. The second kappa shape index (κ2) is 10.2. The molecule has 120 valence electrons. The highest BCUT2D eigenvalue weighted by Crippen LogP contribution is 2.07. The predicted octanol–water partition coefficient (Wildman–Crippen LogP) is 0.277. The Morgan fingerprint density at radius 3 is 2.45 bits per heavy atom. The summed E-state index contributed by atoms with van der Waals surface area (Å²) in [6.07, 6.45) is 3.00. The average molecular weight is 311 g/mol. The number of aliphatic carboxylic acids is 1. The predicted molar refractivity (Wildman–Crippen MR) is 77.0 cm³/mol. The highest BCUT2D eigenvalue weighted by Gasteiger charge is 2.16. The lowest BCUT2D eigenvalue weighted by atomic mass is 10.1. The van der Waals surface area contributed by atoms with E-state index in [0.717, 1.165) is 36.8 Å². The summed E-state index contributed by atoms with van der Waals surface area (Å²) in [6.45, 7) is 1.81. The average Bonchev–Trinajstić information content (AvgIpc) is 2.34. The lowest BCUT2D eigenvalue weighted by Gasteiger charge is -2.29. The smallest absolute Gasteiger partial charge is 0.320 e. The van der Waals surface area contributed by atoms with Crippen molar-refractivity contribution in [3.8, 4) is 0 Å². The van der Waals surface area contributed by atoms with Crippen LogP contribution in [0.15, 0.2) is 0 Å². The Balaban J connectivity index is 3.73. The Kier molecular flexibility index (Phi) is 9.95. The van der Waals surface area contributed by atoms with Crippen LogP contribution in [0.1, 0.15) is 25.7 Å². The number of carboxylic acid groups (broad SMARTS) is 1. The van der Waals surface area contributed by atoms with E-state index in [9.17, 15) is 9.00 Å². The Morgan fingerprint density at radius 2 is 1.90 bits per heavy atom. The summed E-state index contributed by atoms with van der Waals surface area (Å²) in [7, 11) is 5.52. The van der Waals surface area contributed by atoms with Crippen LogP contribution in [-0.4, -0.2) is 65.9 Å². The number of unbranched alkanes of at least 4 members (excludes halogenated alkanes) is 1. The maximum Gasteiger partial charge on any atom is 0.320 e. The number of nitrogens with zero attached hydrogens (tertiary/aromatic N) is 1. The number of carbonyl (C=O) groups is 1. The second-order valence-corrected chi connectivity index (χ2v) is 6.57. The largest absolute Gasteiger partial charge is 0.480 e. The topological polar surface area (TPSA) is 98.9 Å². The zero-order valence-electron chi connectivity index (χ0n) is 12.5. The van der Waals surface area contributed by atoms with Crippen molar-refractivity contribution in [2.24, 2.45) is 5.73 Å². The Morgan fingerprint density at radius 1 is 1.30 bits per heavy atom. The Labute approximate surface area is 123 Å². The molecule has 0 heterocycles. The van der Waals surface area contributed by atoms with Crippen molar-refractivity contribution < 1.29 is 27.8 Å². The molecule has 0 rings (SSSR count).